The molecule has 0 saturated heterocycles. The van der Waals surface area contributed by atoms with Gasteiger partial charge in [0.25, 0.3) is 11.6 Å². The number of nitro benzene ring substituents is 1. The number of methoxy groups -OCH3 is 1. The smallest absolute Gasteiger partial charge is 0.326 e. The maximum Gasteiger partial charge on any atom is 0.326 e. The Kier molecular flexibility index (Phi) is 5.84. The number of hydrogen-bond donors (Lipinski definition) is 2. The van der Waals surface area contributed by atoms with Crippen LogP contribution in [0.2, 0.25) is 0 Å². The molecule has 1 amide bonds. The van der Waals surface area contributed by atoms with Crippen LogP contribution in [0.3, 0.4) is 0 Å². The van der Waals surface area contributed by atoms with Crippen molar-refractivity contribution < 1.29 is 28.7 Å². The standard InChI is InChI=1S/C17H15FN2O6/c1-26-15-6-5-13(20(24)25)8-11(15)9-14(17(22)23)19-16(21)10-3-2-4-12(18)7-10/h2-8,14H,9H2,1H3,(H,19,21)(H,22,23)/t14-/m1/s1. The molecule has 2 aromatic rings. The average Bonchev–Trinajstić information content (AvgIpc) is 2.60. The Hall–Kier alpha value is -3.49. The molecule has 2 N–H and O–H groups in total. The SMILES string of the molecule is COc1ccc([N+](=O)[O-])cc1C[C@@H](NC(=O)c1cccc(F)c1)C(=O)O. The zero-order valence-corrected chi connectivity index (χ0v) is 13.6. The normalized spacial score (nSPS) is 11.5. The summed E-state index contributed by atoms with van der Waals surface area (Å²) in [6, 6.07) is 7.16. The van der Waals surface area contributed by atoms with Crippen LogP contribution < -0.4 is 10.1 Å². The van der Waals surface area contributed by atoms with Crippen LogP contribution in [0.5, 0.6) is 5.75 Å². The molecule has 0 aromatic heterocycles. The van der Waals surface area contributed by atoms with Gasteiger partial charge in [-0.1, -0.05) is 6.07 Å². The summed E-state index contributed by atoms with van der Waals surface area (Å²) in [6.07, 6.45) is -0.249. The first-order valence-corrected chi connectivity index (χ1v) is 7.42. The van der Waals surface area contributed by atoms with Gasteiger partial charge in [-0.05, 0) is 24.3 Å². The van der Waals surface area contributed by atoms with E-state index >= 15 is 0 Å². The number of nitro groups is 1. The second kappa shape index (κ2) is 8.06. The second-order valence-electron chi connectivity index (χ2n) is 5.33. The number of carboxylic acids is 1. The van der Waals surface area contributed by atoms with Gasteiger partial charge in [0.15, 0.2) is 0 Å². The minimum Gasteiger partial charge on any atom is -0.496 e. The lowest BCUT2D eigenvalue weighted by Gasteiger charge is -2.16. The summed E-state index contributed by atoms with van der Waals surface area (Å²) >= 11 is 0. The number of halogens is 1. The largest absolute Gasteiger partial charge is 0.496 e. The summed E-state index contributed by atoms with van der Waals surface area (Å²) in [7, 11) is 1.34. The number of carboxylic acid groups (broad SMARTS) is 1. The monoisotopic (exact) mass is 362 g/mol. The van der Waals surface area contributed by atoms with E-state index in [0.717, 1.165) is 12.1 Å². The van der Waals surface area contributed by atoms with Crippen LogP contribution in [-0.4, -0.2) is 35.1 Å². The predicted molar refractivity (Wildman–Crippen MR) is 88.6 cm³/mol. The van der Waals surface area contributed by atoms with Crippen molar-refractivity contribution in [2.45, 2.75) is 12.5 Å². The first kappa shape index (κ1) is 18.8. The van der Waals surface area contributed by atoms with Crippen molar-refractivity contribution in [1.29, 1.82) is 0 Å². The second-order valence-corrected chi connectivity index (χ2v) is 5.33. The molecule has 2 rings (SSSR count). The summed E-state index contributed by atoms with van der Waals surface area (Å²) in [5.74, 6) is -2.50. The average molecular weight is 362 g/mol. The highest BCUT2D eigenvalue weighted by Gasteiger charge is 2.24. The first-order chi connectivity index (χ1) is 12.3. The number of hydrogen-bond acceptors (Lipinski definition) is 5. The number of carbonyl (C=O) groups is 2. The van der Waals surface area contributed by atoms with E-state index in [0.29, 0.717) is 0 Å². The fraction of sp³-hybridized carbons (Fsp3) is 0.176. The third-order valence-electron chi connectivity index (χ3n) is 3.59. The van der Waals surface area contributed by atoms with E-state index in [1.807, 2.05) is 0 Å². The zero-order chi connectivity index (χ0) is 19.3. The van der Waals surface area contributed by atoms with Gasteiger partial charge < -0.3 is 15.2 Å². The topological polar surface area (TPSA) is 119 Å². The molecular weight excluding hydrogens is 347 g/mol. The highest BCUT2D eigenvalue weighted by atomic mass is 19.1. The van der Waals surface area contributed by atoms with Gasteiger partial charge in [0.1, 0.15) is 17.6 Å². The molecule has 9 heteroatoms. The molecule has 0 heterocycles. The molecule has 0 fully saturated rings. The van der Waals surface area contributed by atoms with Crippen LogP contribution in [-0.2, 0) is 11.2 Å². The summed E-state index contributed by atoms with van der Waals surface area (Å²) in [5, 5.41) is 22.6. The van der Waals surface area contributed by atoms with Gasteiger partial charge in [0.2, 0.25) is 0 Å². The lowest BCUT2D eigenvalue weighted by atomic mass is 10.0. The molecule has 0 spiro atoms. The van der Waals surface area contributed by atoms with Gasteiger partial charge in [-0.2, -0.15) is 0 Å². The van der Waals surface area contributed by atoms with E-state index in [-0.39, 0.29) is 29.0 Å². The highest BCUT2D eigenvalue weighted by Crippen LogP contribution is 2.25. The van der Waals surface area contributed by atoms with Gasteiger partial charge in [-0.3, -0.25) is 14.9 Å². The molecule has 0 aliphatic rings. The van der Waals surface area contributed by atoms with E-state index < -0.39 is 28.7 Å². The summed E-state index contributed by atoms with van der Waals surface area (Å²) < 4.78 is 18.3. The van der Waals surface area contributed by atoms with E-state index in [1.54, 1.807) is 0 Å². The van der Waals surface area contributed by atoms with Crippen molar-refractivity contribution in [1.82, 2.24) is 5.32 Å². The Morgan fingerprint density at radius 3 is 2.62 bits per heavy atom. The molecule has 0 bridgehead atoms. The van der Waals surface area contributed by atoms with Crippen molar-refractivity contribution >= 4 is 17.6 Å². The molecule has 0 aliphatic carbocycles. The van der Waals surface area contributed by atoms with Gasteiger partial charge in [-0.15, -0.1) is 0 Å². The number of nitrogens with zero attached hydrogens (tertiary/aromatic N) is 1. The molecule has 136 valence electrons. The van der Waals surface area contributed by atoms with E-state index in [2.05, 4.69) is 5.32 Å². The summed E-state index contributed by atoms with van der Waals surface area (Å²) in [4.78, 5) is 33.9. The first-order valence-electron chi connectivity index (χ1n) is 7.42. The Bertz CT molecular complexity index is 855. The van der Waals surface area contributed by atoms with Crippen LogP contribution in [0, 0.1) is 15.9 Å². The molecular formula is C17H15FN2O6. The zero-order valence-electron chi connectivity index (χ0n) is 13.6. The molecule has 0 saturated carbocycles. The van der Waals surface area contributed by atoms with Gasteiger partial charge in [-0.25, -0.2) is 9.18 Å². The minimum atomic E-state index is -1.39. The number of ether oxygens (including phenoxy) is 1. The van der Waals surface area contributed by atoms with Crippen LogP contribution in [0.25, 0.3) is 0 Å². The quantitative estimate of drug-likeness (QED) is 0.575. The highest BCUT2D eigenvalue weighted by molar-refractivity contribution is 5.96. The third kappa shape index (κ3) is 4.53. The number of benzene rings is 2. The predicted octanol–water partition coefficient (Wildman–Crippen LogP) is 2.17. The molecule has 0 unspecified atom stereocenters. The number of amides is 1. The fourth-order valence-electron chi connectivity index (χ4n) is 2.33. The lowest BCUT2D eigenvalue weighted by Crippen LogP contribution is -2.42. The van der Waals surface area contributed by atoms with Crippen molar-refractivity contribution in [3.63, 3.8) is 0 Å². The summed E-state index contributed by atoms with van der Waals surface area (Å²) in [5.41, 5.74) is -0.0303. The molecule has 26 heavy (non-hydrogen) atoms. The molecule has 1 atom stereocenters. The van der Waals surface area contributed by atoms with Crippen molar-refractivity contribution in [3.8, 4) is 5.75 Å². The fourth-order valence-corrected chi connectivity index (χ4v) is 2.33. The van der Waals surface area contributed by atoms with Crippen LogP contribution >= 0.6 is 0 Å². The number of nitrogens with one attached hydrogen (secondary N) is 1. The number of rotatable bonds is 7. The van der Waals surface area contributed by atoms with Gasteiger partial charge in [0, 0.05) is 29.7 Å². The lowest BCUT2D eigenvalue weighted by molar-refractivity contribution is -0.384. The van der Waals surface area contributed by atoms with Crippen molar-refractivity contribution in [3.05, 3.63) is 69.5 Å². The Morgan fingerprint density at radius 2 is 2.04 bits per heavy atom. The van der Waals surface area contributed by atoms with Gasteiger partial charge in [0.05, 0.1) is 12.0 Å². The molecule has 0 aliphatic heterocycles. The Balaban J connectivity index is 2.26. The Labute approximate surface area is 147 Å². The van der Waals surface area contributed by atoms with E-state index in [9.17, 15) is 29.2 Å². The Morgan fingerprint density at radius 1 is 1.31 bits per heavy atom. The molecule has 2 aromatic carbocycles. The van der Waals surface area contributed by atoms with Crippen molar-refractivity contribution in [2.75, 3.05) is 7.11 Å². The van der Waals surface area contributed by atoms with E-state index in [4.69, 9.17) is 4.74 Å². The number of aliphatic carboxylic acids is 1. The number of carbonyl (C=O) groups excluding carboxylic acids is 1. The number of non-ortho nitro benzene ring substituents is 1. The minimum absolute atomic E-state index is 0.0396. The maximum absolute atomic E-state index is 13.2. The molecule has 0 radical (unpaired) electrons. The third-order valence-corrected chi connectivity index (χ3v) is 3.59. The molecule has 8 nitrogen and oxygen atoms in total. The van der Waals surface area contributed by atoms with Crippen LogP contribution in [0.15, 0.2) is 42.5 Å². The maximum atomic E-state index is 13.2. The van der Waals surface area contributed by atoms with Crippen LogP contribution in [0.4, 0.5) is 10.1 Å². The van der Waals surface area contributed by atoms with Crippen molar-refractivity contribution in [2.24, 2.45) is 0 Å². The van der Waals surface area contributed by atoms with E-state index in [1.165, 1.54) is 37.4 Å². The van der Waals surface area contributed by atoms with Crippen LogP contribution in [0.1, 0.15) is 15.9 Å². The summed E-state index contributed by atoms with van der Waals surface area (Å²) in [6.45, 7) is 0. The van der Waals surface area contributed by atoms with Gasteiger partial charge >= 0.3 is 5.97 Å².